The van der Waals surface area contributed by atoms with Crippen molar-refractivity contribution in [3.63, 3.8) is 0 Å². The van der Waals surface area contributed by atoms with Gasteiger partial charge in [-0.05, 0) is 55.5 Å². The molecule has 0 saturated heterocycles. The average molecular weight is 383 g/mol. The molecule has 2 heterocycles. The fourth-order valence-corrected chi connectivity index (χ4v) is 3.38. The van der Waals surface area contributed by atoms with Crippen LogP contribution in [0.4, 0.5) is 0 Å². The minimum atomic E-state index is -0.00745. The van der Waals surface area contributed by atoms with Gasteiger partial charge in [0.1, 0.15) is 5.75 Å². The van der Waals surface area contributed by atoms with Gasteiger partial charge in [-0.15, -0.1) is 0 Å². The maximum Gasteiger partial charge on any atom is 0.254 e. The first-order chi connectivity index (χ1) is 13.2. The van der Waals surface area contributed by atoms with Gasteiger partial charge in [-0.1, -0.05) is 16.8 Å². The van der Waals surface area contributed by atoms with E-state index < -0.39 is 0 Å². The van der Waals surface area contributed by atoms with Gasteiger partial charge in [0.15, 0.2) is 5.76 Å². The van der Waals surface area contributed by atoms with E-state index in [2.05, 4.69) is 5.16 Å². The molecule has 0 spiro atoms. The molecule has 0 fully saturated rings. The Morgan fingerprint density at radius 3 is 2.63 bits per heavy atom. The Bertz CT molecular complexity index is 949. The number of hydrogen-bond donors (Lipinski definition) is 0. The van der Waals surface area contributed by atoms with E-state index in [0.717, 1.165) is 22.6 Å². The van der Waals surface area contributed by atoms with E-state index in [1.54, 1.807) is 12.1 Å². The summed E-state index contributed by atoms with van der Waals surface area (Å²) in [4.78, 5) is 14.7. The lowest BCUT2D eigenvalue weighted by atomic mass is 10.0. The maximum atomic E-state index is 12.9. The normalized spacial score (nSPS) is 13.3. The zero-order valence-corrected chi connectivity index (χ0v) is 15.7. The van der Waals surface area contributed by atoms with Gasteiger partial charge >= 0.3 is 0 Å². The van der Waals surface area contributed by atoms with E-state index in [1.165, 1.54) is 0 Å². The molecular formula is C21H19ClN2O3. The quantitative estimate of drug-likeness (QED) is 0.662. The van der Waals surface area contributed by atoms with Gasteiger partial charge in [0.25, 0.3) is 5.91 Å². The Morgan fingerprint density at radius 2 is 1.93 bits per heavy atom. The Balaban J connectivity index is 1.56. The molecule has 1 aliphatic heterocycles. The number of rotatable bonds is 4. The smallest absolute Gasteiger partial charge is 0.254 e. The van der Waals surface area contributed by atoms with Crippen molar-refractivity contribution in [1.82, 2.24) is 10.1 Å². The van der Waals surface area contributed by atoms with Crippen molar-refractivity contribution in [2.45, 2.75) is 19.9 Å². The molecule has 138 valence electrons. The lowest BCUT2D eigenvalue weighted by Gasteiger charge is -2.26. The molecule has 27 heavy (non-hydrogen) atoms. The Hall–Kier alpha value is -2.79. The molecule has 3 aromatic rings. The number of ether oxygens (including phenoxy) is 1. The second kappa shape index (κ2) is 7.45. The number of nitrogens with zero attached hydrogens (tertiary/aromatic N) is 2. The second-order valence-corrected chi connectivity index (χ2v) is 6.81. The number of carbonyl (C=O) groups is 1. The monoisotopic (exact) mass is 382 g/mol. The van der Waals surface area contributed by atoms with Crippen molar-refractivity contribution >= 4 is 17.5 Å². The molecule has 5 nitrogen and oxygen atoms in total. The molecule has 0 N–H and O–H groups in total. The fraction of sp³-hybridized carbons (Fsp3) is 0.238. The van der Waals surface area contributed by atoms with Crippen LogP contribution in [-0.2, 0) is 13.0 Å². The van der Waals surface area contributed by atoms with E-state index in [0.29, 0.717) is 42.5 Å². The second-order valence-electron chi connectivity index (χ2n) is 6.38. The molecule has 0 aliphatic carbocycles. The first-order valence-electron chi connectivity index (χ1n) is 8.91. The van der Waals surface area contributed by atoms with Crippen LogP contribution in [-0.4, -0.2) is 29.1 Å². The molecule has 0 unspecified atom stereocenters. The van der Waals surface area contributed by atoms with E-state index in [4.69, 9.17) is 20.9 Å². The Kier molecular flexibility index (Phi) is 4.86. The Morgan fingerprint density at radius 1 is 1.19 bits per heavy atom. The topological polar surface area (TPSA) is 55.6 Å². The third-order valence-corrected chi connectivity index (χ3v) is 4.89. The van der Waals surface area contributed by atoms with E-state index in [1.807, 2.05) is 48.2 Å². The summed E-state index contributed by atoms with van der Waals surface area (Å²) in [6, 6.07) is 14.7. The minimum absolute atomic E-state index is 0.00745. The zero-order chi connectivity index (χ0) is 18.8. The van der Waals surface area contributed by atoms with Gasteiger partial charge in [0, 0.05) is 34.7 Å². The number of aromatic nitrogens is 1. The third-order valence-electron chi connectivity index (χ3n) is 4.64. The highest BCUT2D eigenvalue weighted by Crippen LogP contribution is 2.31. The first kappa shape index (κ1) is 17.6. The molecular weight excluding hydrogens is 364 g/mol. The lowest BCUT2D eigenvalue weighted by Crippen LogP contribution is -2.35. The highest BCUT2D eigenvalue weighted by atomic mass is 35.5. The average Bonchev–Trinajstić information content (AvgIpc) is 3.12. The van der Waals surface area contributed by atoms with E-state index in [9.17, 15) is 4.79 Å². The highest BCUT2D eigenvalue weighted by Gasteiger charge is 2.28. The molecule has 1 aliphatic rings. The summed E-state index contributed by atoms with van der Waals surface area (Å²) in [7, 11) is 0. The third kappa shape index (κ3) is 3.55. The minimum Gasteiger partial charge on any atom is -0.494 e. The van der Waals surface area contributed by atoms with Crippen LogP contribution in [0.15, 0.2) is 53.1 Å². The lowest BCUT2D eigenvalue weighted by molar-refractivity contribution is 0.0734. The van der Waals surface area contributed by atoms with Crippen molar-refractivity contribution in [1.29, 1.82) is 0 Å². The number of amides is 1. The summed E-state index contributed by atoms with van der Waals surface area (Å²) in [5, 5.41) is 4.86. The summed E-state index contributed by atoms with van der Waals surface area (Å²) in [6.07, 6.45) is 0.676. The van der Waals surface area contributed by atoms with Crippen LogP contribution in [0.3, 0.4) is 0 Å². The maximum absolute atomic E-state index is 12.9. The molecule has 6 heteroatoms. The van der Waals surface area contributed by atoms with Gasteiger partial charge in [-0.25, -0.2) is 0 Å². The number of fused-ring (bicyclic) bond motifs is 1. The summed E-state index contributed by atoms with van der Waals surface area (Å²) in [5.41, 5.74) is 3.42. The number of halogens is 1. The van der Waals surface area contributed by atoms with Crippen molar-refractivity contribution in [2.24, 2.45) is 0 Å². The van der Waals surface area contributed by atoms with Crippen LogP contribution in [0.25, 0.3) is 11.3 Å². The van der Waals surface area contributed by atoms with Gasteiger partial charge < -0.3 is 14.2 Å². The Labute approximate surface area is 162 Å². The zero-order valence-electron chi connectivity index (χ0n) is 14.9. The van der Waals surface area contributed by atoms with Gasteiger partial charge in [0.2, 0.25) is 0 Å². The molecule has 1 aromatic heterocycles. The molecule has 0 saturated carbocycles. The van der Waals surface area contributed by atoms with Crippen LogP contribution in [0, 0.1) is 0 Å². The SMILES string of the molecule is CCOc1ccc(C(=O)N2CCc3noc(-c4ccc(Cl)cc4)c3C2)cc1. The highest BCUT2D eigenvalue weighted by molar-refractivity contribution is 6.30. The summed E-state index contributed by atoms with van der Waals surface area (Å²) >= 11 is 5.97. The molecule has 0 atom stereocenters. The van der Waals surface area contributed by atoms with E-state index >= 15 is 0 Å². The van der Waals surface area contributed by atoms with E-state index in [-0.39, 0.29) is 5.91 Å². The molecule has 4 rings (SSSR count). The standard InChI is InChI=1S/C21H19ClN2O3/c1-2-26-17-9-5-15(6-10-17)21(25)24-12-11-19-18(13-24)20(27-23-19)14-3-7-16(22)8-4-14/h3-10H,2,11-13H2,1H3. The van der Waals surface area contributed by atoms with Gasteiger partial charge in [-0.3, -0.25) is 4.79 Å². The van der Waals surface area contributed by atoms with Crippen molar-refractivity contribution in [3.05, 3.63) is 70.4 Å². The molecule has 0 radical (unpaired) electrons. The summed E-state index contributed by atoms with van der Waals surface area (Å²) < 4.78 is 11.0. The van der Waals surface area contributed by atoms with Crippen LogP contribution in [0.1, 0.15) is 28.5 Å². The fourth-order valence-electron chi connectivity index (χ4n) is 3.26. The van der Waals surface area contributed by atoms with Gasteiger partial charge in [-0.2, -0.15) is 0 Å². The first-order valence-corrected chi connectivity index (χ1v) is 9.29. The number of carbonyl (C=O) groups excluding carboxylic acids is 1. The van der Waals surface area contributed by atoms with Crippen molar-refractivity contribution < 1.29 is 14.1 Å². The van der Waals surface area contributed by atoms with Crippen LogP contribution < -0.4 is 4.74 Å². The van der Waals surface area contributed by atoms with Crippen molar-refractivity contribution in [2.75, 3.05) is 13.2 Å². The largest absolute Gasteiger partial charge is 0.494 e. The predicted octanol–water partition coefficient (Wildman–Crippen LogP) is 4.59. The number of hydrogen-bond acceptors (Lipinski definition) is 4. The predicted molar refractivity (Wildman–Crippen MR) is 103 cm³/mol. The van der Waals surface area contributed by atoms with Crippen LogP contribution >= 0.6 is 11.6 Å². The van der Waals surface area contributed by atoms with Crippen LogP contribution in [0.5, 0.6) is 5.75 Å². The molecule has 0 bridgehead atoms. The van der Waals surface area contributed by atoms with Crippen LogP contribution in [0.2, 0.25) is 5.02 Å². The summed E-state index contributed by atoms with van der Waals surface area (Å²) in [5.74, 6) is 1.46. The van der Waals surface area contributed by atoms with Crippen molar-refractivity contribution in [3.8, 4) is 17.1 Å². The van der Waals surface area contributed by atoms with Gasteiger partial charge in [0.05, 0.1) is 18.8 Å². The number of benzene rings is 2. The molecule has 2 aromatic carbocycles. The summed E-state index contributed by atoms with van der Waals surface area (Å²) in [6.45, 7) is 3.62. The molecule has 1 amide bonds.